The van der Waals surface area contributed by atoms with E-state index in [1.54, 1.807) is 0 Å². The van der Waals surface area contributed by atoms with Crippen molar-refractivity contribution < 1.29 is 17.6 Å². The predicted molar refractivity (Wildman–Crippen MR) is 72.3 cm³/mol. The molecule has 0 unspecified atom stereocenters. The Morgan fingerprint density at radius 2 is 1.82 bits per heavy atom. The summed E-state index contributed by atoms with van der Waals surface area (Å²) in [4.78, 5) is 16.0. The maximum Gasteiger partial charge on any atom is 0.416 e. The number of rotatable bonds is 1. The van der Waals surface area contributed by atoms with Gasteiger partial charge in [0.1, 0.15) is 5.82 Å². The van der Waals surface area contributed by atoms with E-state index in [1.807, 2.05) is 0 Å². The molecular formula is C15H8F4N2O. The Kier molecular flexibility index (Phi) is 3.20. The molecule has 3 nitrogen and oxygen atoms in total. The van der Waals surface area contributed by atoms with Gasteiger partial charge in [-0.05, 0) is 23.6 Å². The molecule has 0 radical (unpaired) electrons. The number of fused-ring (bicyclic) bond motifs is 1. The molecule has 0 spiro atoms. The lowest BCUT2D eigenvalue weighted by Gasteiger charge is -2.10. The Balaban J connectivity index is 2.26. The van der Waals surface area contributed by atoms with Gasteiger partial charge in [-0.25, -0.2) is 4.39 Å². The number of hydrogen-bond acceptors (Lipinski definition) is 2. The first kappa shape index (κ1) is 14.2. The van der Waals surface area contributed by atoms with Gasteiger partial charge in [0.05, 0.1) is 23.6 Å². The first-order valence-corrected chi connectivity index (χ1v) is 6.20. The number of nitrogens with zero attached hydrogens (tertiary/aromatic N) is 2. The SMILES string of the molecule is O=c1c2cc(C(F)(F)F)ccc2ccn1-c1cncc(F)c1. The van der Waals surface area contributed by atoms with Crippen molar-refractivity contribution in [2.75, 3.05) is 0 Å². The van der Waals surface area contributed by atoms with E-state index in [2.05, 4.69) is 4.98 Å². The van der Waals surface area contributed by atoms with Gasteiger partial charge in [-0.1, -0.05) is 6.07 Å². The molecule has 0 saturated heterocycles. The zero-order chi connectivity index (χ0) is 15.9. The molecule has 2 heterocycles. The van der Waals surface area contributed by atoms with Gasteiger partial charge in [0, 0.05) is 17.6 Å². The highest BCUT2D eigenvalue weighted by Crippen LogP contribution is 2.30. The first-order valence-electron chi connectivity index (χ1n) is 6.20. The van der Waals surface area contributed by atoms with Crippen molar-refractivity contribution in [3.63, 3.8) is 0 Å². The van der Waals surface area contributed by atoms with Crippen LogP contribution in [-0.4, -0.2) is 9.55 Å². The quantitative estimate of drug-likeness (QED) is 0.644. The molecular weight excluding hydrogens is 300 g/mol. The molecule has 0 N–H and O–H groups in total. The smallest absolute Gasteiger partial charge is 0.282 e. The van der Waals surface area contributed by atoms with Gasteiger partial charge in [0.2, 0.25) is 0 Å². The summed E-state index contributed by atoms with van der Waals surface area (Å²) in [5.41, 5.74) is -1.44. The van der Waals surface area contributed by atoms with E-state index in [0.29, 0.717) is 5.39 Å². The molecule has 0 aliphatic carbocycles. The topological polar surface area (TPSA) is 34.9 Å². The lowest BCUT2D eigenvalue weighted by Crippen LogP contribution is -2.18. The molecule has 22 heavy (non-hydrogen) atoms. The van der Waals surface area contributed by atoms with Crippen molar-refractivity contribution in [2.45, 2.75) is 6.18 Å². The molecule has 112 valence electrons. The van der Waals surface area contributed by atoms with Gasteiger partial charge in [-0.2, -0.15) is 13.2 Å². The van der Waals surface area contributed by atoms with E-state index >= 15 is 0 Å². The zero-order valence-electron chi connectivity index (χ0n) is 10.9. The number of benzene rings is 1. The Hall–Kier alpha value is -2.70. The Labute approximate surface area is 121 Å². The molecule has 7 heteroatoms. The van der Waals surface area contributed by atoms with Crippen molar-refractivity contribution in [1.29, 1.82) is 0 Å². The van der Waals surface area contributed by atoms with Crippen molar-refractivity contribution >= 4 is 10.8 Å². The predicted octanol–water partition coefficient (Wildman–Crippen LogP) is 3.54. The summed E-state index contributed by atoms with van der Waals surface area (Å²) >= 11 is 0. The molecule has 3 rings (SSSR count). The summed E-state index contributed by atoms with van der Waals surface area (Å²) in [5.74, 6) is -0.645. The van der Waals surface area contributed by atoms with E-state index in [-0.39, 0.29) is 11.1 Å². The van der Waals surface area contributed by atoms with Crippen molar-refractivity contribution in [3.8, 4) is 5.69 Å². The maximum absolute atomic E-state index is 13.2. The monoisotopic (exact) mass is 308 g/mol. The lowest BCUT2D eigenvalue weighted by molar-refractivity contribution is -0.137. The fourth-order valence-electron chi connectivity index (χ4n) is 2.15. The molecule has 0 aliphatic rings. The van der Waals surface area contributed by atoms with Crippen LogP contribution in [0.15, 0.2) is 53.7 Å². The third-order valence-electron chi connectivity index (χ3n) is 3.20. The molecule has 1 aromatic carbocycles. The molecule has 0 aliphatic heterocycles. The molecule has 2 aromatic heterocycles. The van der Waals surface area contributed by atoms with Gasteiger partial charge in [0.15, 0.2) is 0 Å². The van der Waals surface area contributed by atoms with E-state index in [4.69, 9.17) is 0 Å². The van der Waals surface area contributed by atoms with Gasteiger partial charge in [0.25, 0.3) is 5.56 Å². The van der Waals surface area contributed by atoms with Crippen LogP contribution in [0, 0.1) is 5.82 Å². The van der Waals surface area contributed by atoms with Crippen LogP contribution >= 0.6 is 0 Å². The van der Waals surface area contributed by atoms with E-state index in [9.17, 15) is 22.4 Å². The van der Waals surface area contributed by atoms with Gasteiger partial charge in [-0.15, -0.1) is 0 Å². The standard InChI is InChI=1S/C15H8F4N2O/c16-11-6-12(8-20-7-11)21-4-3-9-1-2-10(15(17,18)19)5-13(9)14(21)22/h1-8H. The molecule has 0 fully saturated rings. The second kappa shape index (κ2) is 4.94. The number of pyridine rings is 2. The maximum atomic E-state index is 13.2. The Bertz CT molecular complexity index is 915. The van der Waals surface area contributed by atoms with Crippen LogP contribution in [0.4, 0.5) is 17.6 Å². The summed E-state index contributed by atoms with van der Waals surface area (Å²) < 4.78 is 52.5. The molecule has 0 bridgehead atoms. The van der Waals surface area contributed by atoms with Gasteiger partial charge in [-0.3, -0.25) is 14.3 Å². The second-order valence-corrected chi connectivity index (χ2v) is 4.65. The summed E-state index contributed by atoms with van der Waals surface area (Å²) in [6, 6.07) is 5.50. The average molecular weight is 308 g/mol. The van der Waals surface area contributed by atoms with Crippen LogP contribution in [0.1, 0.15) is 5.56 Å². The van der Waals surface area contributed by atoms with E-state index < -0.39 is 23.1 Å². The van der Waals surface area contributed by atoms with Gasteiger partial charge < -0.3 is 0 Å². The normalized spacial score (nSPS) is 11.8. The minimum Gasteiger partial charge on any atom is -0.282 e. The lowest BCUT2D eigenvalue weighted by atomic mass is 10.1. The third-order valence-corrected chi connectivity index (χ3v) is 3.20. The van der Waals surface area contributed by atoms with Gasteiger partial charge >= 0.3 is 6.18 Å². The molecule has 0 atom stereocenters. The highest BCUT2D eigenvalue weighted by atomic mass is 19.4. The van der Waals surface area contributed by atoms with Crippen LogP contribution in [-0.2, 0) is 6.18 Å². The van der Waals surface area contributed by atoms with Crippen LogP contribution in [0.25, 0.3) is 16.5 Å². The van der Waals surface area contributed by atoms with Crippen LogP contribution < -0.4 is 5.56 Å². The summed E-state index contributed by atoms with van der Waals surface area (Å²) in [6.07, 6.45) is -0.947. The van der Waals surface area contributed by atoms with Crippen molar-refractivity contribution in [1.82, 2.24) is 9.55 Å². The highest BCUT2D eigenvalue weighted by Gasteiger charge is 2.30. The fraction of sp³-hybridized carbons (Fsp3) is 0.0667. The third kappa shape index (κ3) is 2.45. The fourth-order valence-corrected chi connectivity index (χ4v) is 2.15. The molecule has 3 aromatic rings. The highest BCUT2D eigenvalue weighted by molar-refractivity contribution is 5.82. The minimum absolute atomic E-state index is 0.0958. The van der Waals surface area contributed by atoms with E-state index in [1.165, 1.54) is 24.5 Å². The average Bonchev–Trinajstić information content (AvgIpc) is 2.46. The Morgan fingerprint density at radius 1 is 1.05 bits per heavy atom. The first-order chi connectivity index (χ1) is 10.4. The number of aromatic nitrogens is 2. The van der Waals surface area contributed by atoms with Crippen molar-refractivity contribution in [2.24, 2.45) is 0 Å². The largest absolute Gasteiger partial charge is 0.416 e. The number of alkyl halides is 3. The number of hydrogen-bond donors (Lipinski definition) is 0. The van der Waals surface area contributed by atoms with Crippen LogP contribution in [0.2, 0.25) is 0 Å². The second-order valence-electron chi connectivity index (χ2n) is 4.65. The minimum atomic E-state index is -4.54. The number of halogens is 4. The summed E-state index contributed by atoms with van der Waals surface area (Å²) in [6.45, 7) is 0. The molecule has 0 saturated carbocycles. The summed E-state index contributed by atoms with van der Waals surface area (Å²) in [5, 5.41) is 0.278. The van der Waals surface area contributed by atoms with Crippen LogP contribution in [0.3, 0.4) is 0 Å². The summed E-state index contributed by atoms with van der Waals surface area (Å²) in [7, 11) is 0. The van der Waals surface area contributed by atoms with Crippen LogP contribution in [0.5, 0.6) is 0 Å². The molecule has 0 amide bonds. The van der Waals surface area contributed by atoms with E-state index in [0.717, 1.165) is 29.0 Å². The Morgan fingerprint density at radius 3 is 2.50 bits per heavy atom. The zero-order valence-corrected chi connectivity index (χ0v) is 10.9. The van der Waals surface area contributed by atoms with Crippen molar-refractivity contribution in [3.05, 3.63) is 70.7 Å².